The Morgan fingerprint density at radius 1 is 1.12 bits per heavy atom. The van der Waals surface area contributed by atoms with Crippen molar-refractivity contribution in [2.45, 2.75) is 33.4 Å². The minimum absolute atomic E-state index is 0.0394. The topological polar surface area (TPSA) is 78.9 Å². The predicted octanol–water partition coefficient (Wildman–Crippen LogP) is 4.21. The highest BCUT2D eigenvalue weighted by molar-refractivity contribution is 6.31. The Bertz CT molecular complexity index is 1520. The van der Waals surface area contributed by atoms with Crippen LogP contribution in [-0.2, 0) is 13.1 Å². The molecule has 0 bridgehead atoms. The molecule has 34 heavy (non-hydrogen) atoms. The molecule has 0 N–H and O–H groups in total. The van der Waals surface area contributed by atoms with Gasteiger partial charge in [0.05, 0.1) is 18.6 Å². The van der Waals surface area contributed by atoms with Crippen molar-refractivity contribution < 1.29 is 13.6 Å². The van der Waals surface area contributed by atoms with Crippen LogP contribution in [0.25, 0.3) is 16.9 Å². The number of carbonyl (C=O) groups excluding carboxylic acids is 1. The molecule has 2 aromatic heterocycles. The quantitative estimate of drug-likeness (QED) is 0.367. The van der Waals surface area contributed by atoms with E-state index in [1.54, 1.807) is 18.2 Å². The lowest BCUT2D eigenvalue weighted by molar-refractivity contribution is 0.0973. The van der Waals surface area contributed by atoms with Gasteiger partial charge in [-0.15, -0.1) is 0 Å². The van der Waals surface area contributed by atoms with E-state index >= 15 is 0 Å². The van der Waals surface area contributed by atoms with E-state index in [1.165, 1.54) is 17.0 Å². The molecule has 2 aromatic carbocycles. The summed E-state index contributed by atoms with van der Waals surface area (Å²) in [6.45, 7) is 3.72. The number of rotatable bonds is 7. The van der Waals surface area contributed by atoms with Crippen LogP contribution in [-0.4, -0.2) is 24.5 Å². The molecule has 0 unspecified atom stereocenters. The first-order valence-electron chi connectivity index (χ1n) is 10.6. The van der Waals surface area contributed by atoms with Crippen LogP contribution in [0.15, 0.2) is 58.4 Å². The van der Waals surface area contributed by atoms with Crippen LogP contribution in [0.3, 0.4) is 0 Å². The molecular weight excluding hydrogens is 466 g/mol. The second-order valence-corrected chi connectivity index (χ2v) is 8.77. The fourth-order valence-electron chi connectivity index (χ4n) is 3.67. The van der Waals surface area contributed by atoms with E-state index < -0.39 is 22.9 Å². The van der Waals surface area contributed by atoms with Crippen molar-refractivity contribution in [1.29, 1.82) is 0 Å². The Kier molecular flexibility index (Phi) is 6.47. The van der Waals surface area contributed by atoms with Gasteiger partial charge < -0.3 is 4.57 Å². The number of imidazole rings is 1. The highest BCUT2D eigenvalue weighted by Gasteiger charge is 2.22. The fourth-order valence-corrected chi connectivity index (χ4v) is 3.86. The van der Waals surface area contributed by atoms with Gasteiger partial charge in [-0.05, 0) is 36.6 Å². The van der Waals surface area contributed by atoms with Crippen molar-refractivity contribution >= 4 is 28.5 Å². The number of nitrogens with zero attached hydrogens (tertiary/aromatic N) is 4. The van der Waals surface area contributed by atoms with Crippen molar-refractivity contribution in [1.82, 2.24) is 18.7 Å². The molecule has 0 radical (unpaired) electrons. The van der Waals surface area contributed by atoms with Crippen molar-refractivity contribution in [2.24, 2.45) is 5.92 Å². The van der Waals surface area contributed by atoms with Gasteiger partial charge in [0.1, 0.15) is 11.6 Å². The van der Waals surface area contributed by atoms with E-state index in [1.807, 2.05) is 13.8 Å². The third-order valence-corrected chi connectivity index (χ3v) is 5.68. The van der Waals surface area contributed by atoms with E-state index in [0.717, 1.165) is 21.3 Å². The predicted molar refractivity (Wildman–Crippen MR) is 125 cm³/mol. The van der Waals surface area contributed by atoms with Gasteiger partial charge in [-0.2, -0.15) is 0 Å². The molecule has 0 saturated heterocycles. The van der Waals surface area contributed by atoms with Gasteiger partial charge >= 0.3 is 5.69 Å². The van der Waals surface area contributed by atoms with E-state index in [2.05, 4.69) is 4.98 Å². The van der Waals surface area contributed by atoms with Gasteiger partial charge in [-0.25, -0.2) is 23.1 Å². The number of hydrogen-bond acceptors (Lipinski definition) is 4. The maximum absolute atomic E-state index is 14.7. The molecule has 0 saturated carbocycles. The fraction of sp³-hybridized carbons (Fsp3) is 0.250. The summed E-state index contributed by atoms with van der Waals surface area (Å²) in [5.41, 5.74) is -1.51. The summed E-state index contributed by atoms with van der Waals surface area (Å²) in [5, 5.41) is 0.387. The van der Waals surface area contributed by atoms with E-state index in [4.69, 9.17) is 11.6 Å². The zero-order valence-electron chi connectivity index (χ0n) is 18.5. The highest BCUT2D eigenvalue weighted by Crippen LogP contribution is 2.19. The number of carbonyl (C=O) groups is 1. The van der Waals surface area contributed by atoms with Crippen molar-refractivity contribution in [2.75, 3.05) is 0 Å². The SMILES string of the molecule is CC(C)CCn1c(=O)c2c(ncn2CC(=O)c2cccc(Cl)c2)n(-c2ccc(F)cc2F)c1=O. The van der Waals surface area contributed by atoms with Crippen molar-refractivity contribution in [3.63, 3.8) is 0 Å². The Hall–Kier alpha value is -3.59. The van der Waals surface area contributed by atoms with Gasteiger partial charge in [0.25, 0.3) is 5.56 Å². The highest BCUT2D eigenvalue weighted by atomic mass is 35.5. The second-order valence-electron chi connectivity index (χ2n) is 8.33. The Morgan fingerprint density at radius 3 is 2.56 bits per heavy atom. The molecule has 4 rings (SSSR count). The van der Waals surface area contributed by atoms with Crippen LogP contribution in [0, 0.1) is 17.6 Å². The molecule has 176 valence electrons. The lowest BCUT2D eigenvalue weighted by Gasteiger charge is -2.14. The Morgan fingerprint density at radius 2 is 1.88 bits per heavy atom. The number of halogens is 3. The summed E-state index contributed by atoms with van der Waals surface area (Å²) in [7, 11) is 0. The smallest absolute Gasteiger partial charge is 0.317 e. The molecule has 0 fully saturated rings. The van der Waals surface area contributed by atoms with E-state index in [-0.39, 0.29) is 41.6 Å². The first-order valence-corrected chi connectivity index (χ1v) is 11.0. The first kappa shape index (κ1) is 23.6. The molecule has 4 aromatic rings. The summed E-state index contributed by atoms with van der Waals surface area (Å²) < 4.78 is 31.5. The third-order valence-electron chi connectivity index (χ3n) is 5.44. The van der Waals surface area contributed by atoms with Crippen LogP contribution in [0.1, 0.15) is 30.6 Å². The largest absolute Gasteiger partial charge is 0.337 e. The molecule has 0 aliphatic rings. The Balaban J connectivity index is 1.93. The normalized spacial score (nSPS) is 11.5. The molecule has 0 aliphatic heterocycles. The second kappa shape index (κ2) is 9.34. The molecule has 7 nitrogen and oxygen atoms in total. The monoisotopic (exact) mass is 486 g/mol. The molecule has 0 aliphatic carbocycles. The zero-order chi connectivity index (χ0) is 24.6. The third kappa shape index (κ3) is 4.43. The van der Waals surface area contributed by atoms with Crippen LogP contribution >= 0.6 is 11.6 Å². The lowest BCUT2D eigenvalue weighted by atomic mass is 10.1. The van der Waals surface area contributed by atoms with Gasteiger partial charge in [-0.3, -0.25) is 14.2 Å². The van der Waals surface area contributed by atoms with Crippen LogP contribution in [0.2, 0.25) is 5.02 Å². The van der Waals surface area contributed by atoms with E-state index in [9.17, 15) is 23.2 Å². The summed E-state index contributed by atoms with van der Waals surface area (Å²) in [6, 6.07) is 9.14. The molecule has 10 heteroatoms. The Labute approximate surface area is 197 Å². The number of fused-ring (bicyclic) bond motifs is 1. The molecule has 0 spiro atoms. The zero-order valence-corrected chi connectivity index (χ0v) is 19.2. The standard InChI is InChI=1S/C24H21ClF2N4O3/c1-14(2)8-9-30-23(33)21-22(31(24(30)34)19-7-6-17(26)11-18(19)27)28-13-29(21)12-20(32)15-4-3-5-16(25)10-15/h3-7,10-11,13-14H,8-9,12H2,1-2H3. The minimum atomic E-state index is -0.984. The number of ketones is 1. The van der Waals surface area contributed by atoms with E-state index in [0.29, 0.717) is 23.1 Å². The number of Topliss-reactive ketones (excluding diaryl/α,β-unsaturated/α-hetero) is 1. The van der Waals surface area contributed by atoms with Gasteiger partial charge in [0.15, 0.2) is 16.9 Å². The van der Waals surface area contributed by atoms with Crippen LogP contribution in [0.5, 0.6) is 0 Å². The average Bonchev–Trinajstić information content (AvgIpc) is 3.18. The number of aromatic nitrogens is 4. The minimum Gasteiger partial charge on any atom is -0.317 e. The lowest BCUT2D eigenvalue weighted by Crippen LogP contribution is -2.40. The van der Waals surface area contributed by atoms with Gasteiger partial charge in [0.2, 0.25) is 0 Å². The maximum Gasteiger partial charge on any atom is 0.337 e. The number of hydrogen-bond donors (Lipinski definition) is 0. The average molecular weight is 487 g/mol. The molecule has 2 heterocycles. The van der Waals surface area contributed by atoms with Crippen LogP contribution in [0.4, 0.5) is 8.78 Å². The number of benzene rings is 2. The maximum atomic E-state index is 14.7. The molecular formula is C24H21ClF2N4O3. The first-order chi connectivity index (χ1) is 16.2. The van der Waals surface area contributed by atoms with Crippen molar-refractivity contribution in [3.8, 4) is 5.69 Å². The van der Waals surface area contributed by atoms with Crippen molar-refractivity contribution in [3.05, 3.63) is 91.9 Å². The molecule has 0 amide bonds. The summed E-state index contributed by atoms with van der Waals surface area (Å²) >= 11 is 5.98. The summed E-state index contributed by atoms with van der Waals surface area (Å²) in [5.74, 6) is -1.94. The van der Waals surface area contributed by atoms with Gasteiger partial charge in [0, 0.05) is 23.2 Å². The van der Waals surface area contributed by atoms with Crippen LogP contribution < -0.4 is 11.2 Å². The summed E-state index contributed by atoms with van der Waals surface area (Å²) in [4.78, 5) is 43.6. The molecule has 0 atom stereocenters. The summed E-state index contributed by atoms with van der Waals surface area (Å²) in [6.07, 6.45) is 1.76. The van der Waals surface area contributed by atoms with Gasteiger partial charge in [-0.1, -0.05) is 37.6 Å².